The van der Waals surface area contributed by atoms with E-state index < -0.39 is 59.4 Å². The molecule has 4 aromatic rings. The molecule has 59 heavy (non-hydrogen) atoms. The lowest BCUT2D eigenvalue weighted by atomic mass is 9.90. The number of rotatable bonds is 13. The predicted octanol–water partition coefficient (Wildman–Crippen LogP) is 4.77. The third kappa shape index (κ3) is 9.18. The summed E-state index contributed by atoms with van der Waals surface area (Å²) in [6.45, 7) is 3.70. The Labute approximate surface area is 341 Å². The van der Waals surface area contributed by atoms with Gasteiger partial charge in [0.2, 0.25) is 17.8 Å². The SMILES string of the molecule is CC1(C)COC(=O)C1OC(=O)C=Cc1cccc(C(=O)OC2CC(C(=O)NCc3cccc(C(=O)NCCO)c3)=CC3OC(c4ccccc4)(c4ccccc4)OC32)c1. The van der Waals surface area contributed by atoms with Gasteiger partial charge < -0.3 is 39.4 Å². The number of benzene rings is 4. The monoisotopic (exact) mass is 800 g/mol. The van der Waals surface area contributed by atoms with Gasteiger partial charge in [-0.15, -0.1) is 0 Å². The molecule has 13 heteroatoms. The Hall–Kier alpha value is -6.41. The number of esters is 3. The molecular weight excluding hydrogens is 757 g/mol. The maximum absolute atomic E-state index is 13.9. The Kier molecular flexibility index (Phi) is 12.2. The van der Waals surface area contributed by atoms with Gasteiger partial charge in [-0.05, 0) is 47.5 Å². The fourth-order valence-corrected chi connectivity index (χ4v) is 7.21. The second kappa shape index (κ2) is 17.6. The zero-order valence-electron chi connectivity index (χ0n) is 32.5. The van der Waals surface area contributed by atoms with Gasteiger partial charge in [-0.1, -0.05) is 98.8 Å². The number of carbonyl (C=O) groups is 5. The molecule has 2 saturated heterocycles. The minimum absolute atomic E-state index is 0.00323. The van der Waals surface area contributed by atoms with Crippen molar-refractivity contribution < 1.29 is 52.8 Å². The summed E-state index contributed by atoms with van der Waals surface area (Å²) in [5.41, 5.74) is 2.79. The number of amides is 2. The Bertz CT molecular complexity index is 2230. The minimum atomic E-state index is -1.40. The summed E-state index contributed by atoms with van der Waals surface area (Å²) in [5, 5.41) is 14.6. The number of hydrogen-bond donors (Lipinski definition) is 3. The highest BCUT2D eigenvalue weighted by Gasteiger charge is 2.55. The van der Waals surface area contributed by atoms with Crippen LogP contribution in [-0.4, -0.2) is 79.0 Å². The lowest BCUT2D eigenvalue weighted by Crippen LogP contribution is -2.43. The summed E-state index contributed by atoms with van der Waals surface area (Å²) in [4.78, 5) is 65.0. The topological polar surface area (TPSA) is 176 Å². The molecular formula is C46H44N2O11. The van der Waals surface area contributed by atoms with Crippen LogP contribution in [-0.2, 0) is 50.4 Å². The lowest BCUT2D eigenvalue weighted by Gasteiger charge is -2.31. The molecule has 2 amide bonds. The lowest BCUT2D eigenvalue weighted by molar-refractivity contribution is -0.159. The quantitative estimate of drug-likeness (QED) is 0.0965. The van der Waals surface area contributed by atoms with E-state index in [1.165, 1.54) is 12.2 Å². The molecule has 4 unspecified atom stereocenters. The average Bonchev–Trinajstić information content (AvgIpc) is 3.78. The Morgan fingerprint density at radius 3 is 2.19 bits per heavy atom. The van der Waals surface area contributed by atoms with Gasteiger partial charge >= 0.3 is 17.9 Å². The van der Waals surface area contributed by atoms with Gasteiger partial charge in [-0.25, -0.2) is 14.4 Å². The number of fused-ring (bicyclic) bond motifs is 1. The molecule has 3 N–H and O–H groups in total. The highest BCUT2D eigenvalue weighted by molar-refractivity contribution is 5.96. The molecule has 7 rings (SSSR count). The van der Waals surface area contributed by atoms with E-state index in [-0.39, 0.29) is 44.2 Å². The Balaban J connectivity index is 1.12. The number of hydrogen-bond acceptors (Lipinski definition) is 11. The maximum atomic E-state index is 13.9. The number of nitrogens with one attached hydrogen (secondary N) is 2. The van der Waals surface area contributed by atoms with E-state index in [0.717, 1.165) is 0 Å². The highest BCUT2D eigenvalue weighted by Crippen LogP contribution is 2.47. The van der Waals surface area contributed by atoms with Crippen LogP contribution in [0.25, 0.3) is 6.08 Å². The normalized spacial score (nSPS) is 21.5. The first-order valence-corrected chi connectivity index (χ1v) is 19.3. The van der Waals surface area contributed by atoms with E-state index in [9.17, 15) is 24.0 Å². The summed E-state index contributed by atoms with van der Waals surface area (Å²) in [7, 11) is 0. The first-order valence-electron chi connectivity index (χ1n) is 19.3. The summed E-state index contributed by atoms with van der Waals surface area (Å²) < 4.78 is 30.2. The standard InChI is InChI=1S/C46H44N2O11/c1-45(2)28-55-44(54)40(45)57-38(50)20-19-29-11-9-14-32(23-29)43(53)56-36-25-33(42(52)48-27-30-12-10-13-31(24-30)41(51)47-21-22-49)26-37-39(36)59-46(58-37,34-15-5-3-6-16-34)35-17-7-4-8-18-35/h3-20,23-24,26,36-37,39-40,49H,21-22,25,27-28H2,1-2H3,(H,47,51)(H,48,52). The van der Waals surface area contributed by atoms with Crippen molar-refractivity contribution in [3.05, 3.63) is 160 Å². The van der Waals surface area contributed by atoms with E-state index in [1.54, 1.807) is 68.5 Å². The van der Waals surface area contributed by atoms with E-state index >= 15 is 0 Å². The van der Waals surface area contributed by atoms with Crippen LogP contribution in [0.2, 0.25) is 0 Å². The van der Waals surface area contributed by atoms with Gasteiger partial charge in [-0.2, -0.15) is 0 Å². The van der Waals surface area contributed by atoms with E-state index in [1.807, 2.05) is 60.7 Å². The van der Waals surface area contributed by atoms with Gasteiger partial charge in [-0.3, -0.25) is 9.59 Å². The zero-order chi connectivity index (χ0) is 41.6. The largest absolute Gasteiger partial charge is 0.462 e. The summed E-state index contributed by atoms with van der Waals surface area (Å²) in [6, 6.07) is 32.0. The van der Waals surface area contributed by atoms with Crippen LogP contribution in [0.4, 0.5) is 0 Å². The molecule has 3 aliphatic rings. The number of carbonyl (C=O) groups excluding carboxylic acids is 5. The number of aliphatic hydroxyl groups is 1. The minimum Gasteiger partial charge on any atom is -0.462 e. The average molecular weight is 801 g/mol. The predicted molar refractivity (Wildman–Crippen MR) is 213 cm³/mol. The molecule has 4 atom stereocenters. The highest BCUT2D eigenvalue weighted by atomic mass is 16.8. The van der Waals surface area contributed by atoms with Crippen molar-refractivity contribution in [2.75, 3.05) is 19.8 Å². The van der Waals surface area contributed by atoms with Gasteiger partial charge in [0, 0.05) is 53.3 Å². The molecule has 2 fully saturated rings. The molecule has 0 saturated carbocycles. The van der Waals surface area contributed by atoms with Crippen LogP contribution in [0.3, 0.4) is 0 Å². The van der Waals surface area contributed by atoms with E-state index in [0.29, 0.717) is 33.4 Å². The summed E-state index contributed by atoms with van der Waals surface area (Å²) in [6.07, 6.45) is 0.685. The van der Waals surface area contributed by atoms with Crippen molar-refractivity contribution in [2.24, 2.45) is 5.41 Å². The fraction of sp³-hybridized carbons (Fsp3) is 0.283. The van der Waals surface area contributed by atoms with Crippen LogP contribution < -0.4 is 10.6 Å². The molecule has 304 valence electrons. The van der Waals surface area contributed by atoms with Crippen molar-refractivity contribution in [3.8, 4) is 0 Å². The summed E-state index contributed by atoms with van der Waals surface area (Å²) in [5.74, 6) is -4.21. The fourth-order valence-electron chi connectivity index (χ4n) is 7.21. The number of cyclic esters (lactones) is 1. The van der Waals surface area contributed by atoms with Crippen LogP contribution in [0.1, 0.15) is 63.2 Å². The first-order chi connectivity index (χ1) is 28.5. The van der Waals surface area contributed by atoms with Crippen molar-refractivity contribution in [3.63, 3.8) is 0 Å². The second-order valence-corrected chi connectivity index (χ2v) is 15.1. The summed E-state index contributed by atoms with van der Waals surface area (Å²) >= 11 is 0. The van der Waals surface area contributed by atoms with Crippen LogP contribution >= 0.6 is 0 Å². The molecule has 1 aliphatic carbocycles. The molecule has 4 aromatic carbocycles. The van der Waals surface area contributed by atoms with Crippen LogP contribution in [0.15, 0.2) is 127 Å². The molecule has 0 aromatic heterocycles. The number of aliphatic hydroxyl groups excluding tert-OH is 1. The zero-order valence-corrected chi connectivity index (χ0v) is 32.5. The molecule has 2 heterocycles. The van der Waals surface area contributed by atoms with Crippen molar-refractivity contribution in [2.45, 2.75) is 57.0 Å². The van der Waals surface area contributed by atoms with Gasteiger partial charge in [0.15, 0.2) is 0 Å². The van der Waals surface area contributed by atoms with Gasteiger partial charge in [0.25, 0.3) is 5.91 Å². The number of ether oxygens (including phenoxy) is 5. The third-order valence-corrected chi connectivity index (χ3v) is 10.3. The molecule has 0 radical (unpaired) electrons. The van der Waals surface area contributed by atoms with Crippen LogP contribution in [0, 0.1) is 5.41 Å². The Morgan fingerprint density at radius 2 is 1.51 bits per heavy atom. The van der Waals surface area contributed by atoms with E-state index in [2.05, 4.69) is 10.6 Å². The molecule has 0 bridgehead atoms. The molecule has 13 nitrogen and oxygen atoms in total. The molecule has 0 spiro atoms. The Morgan fingerprint density at radius 1 is 0.814 bits per heavy atom. The van der Waals surface area contributed by atoms with Crippen molar-refractivity contribution in [1.82, 2.24) is 10.6 Å². The van der Waals surface area contributed by atoms with Crippen LogP contribution in [0.5, 0.6) is 0 Å². The maximum Gasteiger partial charge on any atom is 0.348 e. The van der Waals surface area contributed by atoms with E-state index in [4.69, 9.17) is 28.8 Å². The smallest absolute Gasteiger partial charge is 0.348 e. The first kappa shape index (κ1) is 40.8. The van der Waals surface area contributed by atoms with Gasteiger partial charge in [0.05, 0.1) is 12.2 Å². The van der Waals surface area contributed by atoms with Gasteiger partial charge in [0.1, 0.15) is 24.9 Å². The molecule has 2 aliphatic heterocycles. The third-order valence-electron chi connectivity index (χ3n) is 10.3. The van der Waals surface area contributed by atoms with Crippen molar-refractivity contribution >= 4 is 35.8 Å². The van der Waals surface area contributed by atoms with Crippen molar-refractivity contribution in [1.29, 1.82) is 0 Å². The second-order valence-electron chi connectivity index (χ2n) is 15.1.